The van der Waals surface area contributed by atoms with Gasteiger partial charge in [0.15, 0.2) is 6.61 Å². The summed E-state index contributed by atoms with van der Waals surface area (Å²) in [5, 5.41) is 22.1. The molecule has 0 saturated heterocycles. The lowest BCUT2D eigenvalue weighted by Gasteiger charge is -2.19. The molecule has 0 fully saturated rings. The average molecular weight is 349 g/mol. The largest absolute Gasteiger partial charge is 0.507 e. The van der Waals surface area contributed by atoms with E-state index in [0.29, 0.717) is 23.5 Å². The van der Waals surface area contributed by atoms with Crippen LogP contribution in [0.15, 0.2) is 59.6 Å². The van der Waals surface area contributed by atoms with E-state index >= 15 is 0 Å². The quantitative estimate of drug-likeness (QED) is 0.656. The van der Waals surface area contributed by atoms with E-state index in [1.54, 1.807) is 25.3 Å². The van der Waals surface area contributed by atoms with E-state index in [4.69, 9.17) is 14.6 Å². The van der Waals surface area contributed by atoms with Crippen molar-refractivity contribution >= 4 is 15.4 Å². The normalized spacial score (nSPS) is 15.5. The van der Waals surface area contributed by atoms with Gasteiger partial charge in [-0.3, -0.25) is 5.09 Å². The van der Waals surface area contributed by atoms with Gasteiger partial charge in [-0.25, -0.2) is 4.79 Å². The molecule has 1 aromatic rings. The zero-order valence-electron chi connectivity index (χ0n) is 13.2. The Labute approximate surface area is 142 Å². The molecule has 1 aliphatic carbocycles. The second-order valence-electron chi connectivity index (χ2n) is 5.11. The highest BCUT2D eigenvalue weighted by Gasteiger charge is 2.18. The summed E-state index contributed by atoms with van der Waals surface area (Å²) in [6.07, 6.45) is 5.99. The molecule has 24 heavy (non-hydrogen) atoms. The number of aliphatic hydroxyl groups excluding tert-OH is 1. The Balaban J connectivity index is 2.25. The molecule has 3 N–H and O–H groups in total. The summed E-state index contributed by atoms with van der Waals surface area (Å²) in [4.78, 5) is 10.5. The molecule has 1 aromatic carbocycles. The third kappa shape index (κ3) is 4.60. The van der Waals surface area contributed by atoms with Gasteiger partial charge in [0.1, 0.15) is 17.3 Å². The lowest BCUT2D eigenvalue weighted by molar-refractivity contribution is -0.139. The van der Waals surface area contributed by atoms with Gasteiger partial charge in [-0.2, -0.15) is 0 Å². The zero-order chi connectivity index (χ0) is 17.5. The van der Waals surface area contributed by atoms with Crippen LogP contribution in [0.3, 0.4) is 0 Å². The first-order valence-corrected chi connectivity index (χ1v) is 7.87. The molecule has 0 saturated carbocycles. The fourth-order valence-electron chi connectivity index (χ4n) is 2.34. The summed E-state index contributed by atoms with van der Waals surface area (Å²) >= 11 is 0. The van der Waals surface area contributed by atoms with Crippen molar-refractivity contribution in [1.29, 1.82) is 0 Å². The van der Waals surface area contributed by atoms with E-state index in [1.165, 1.54) is 0 Å². The summed E-state index contributed by atoms with van der Waals surface area (Å²) in [5.41, 5.74) is 1.60. The van der Waals surface area contributed by atoms with Gasteiger partial charge in [0.25, 0.3) is 0 Å². The Bertz CT molecular complexity index is 679. The highest BCUT2D eigenvalue weighted by Crippen LogP contribution is 2.30. The molecule has 2 unspecified atom stereocenters. The molecule has 0 bridgehead atoms. The van der Waals surface area contributed by atoms with Gasteiger partial charge < -0.3 is 19.7 Å². The van der Waals surface area contributed by atoms with Crippen LogP contribution in [0.2, 0.25) is 0 Å². The molecule has 6 nitrogen and oxygen atoms in total. The maximum atomic E-state index is 10.5. The number of nitrogens with one attached hydrogen (secondary N) is 1. The van der Waals surface area contributed by atoms with Crippen LogP contribution in [0.4, 0.5) is 0 Å². The van der Waals surface area contributed by atoms with Crippen LogP contribution in [0.1, 0.15) is 18.0 Å². The van der Waals surface area contributed by atoms with Gasteiger partial charge in [-0.05, 0) is 17.7 Å². The number of rotatable bonds is 7. The number of hydrogen-bond donors (Lipinski definition) is 3. The van der Waals surface area contributed by atoms with Crippen molar-refractivity contribution in [2.24, 2.45) is 0 Å². The fraction of sp³-hybridized carbons (Fsp3) is 0.235. The first-order chi connectivity index (χ1) is 11.5. The number of aliphatic carboxylic acids is 1. The van der Waals surface area contributed by atoms with Gasteiger partial charge in [-0.1, -0.05) is 33.7 Å². The maximum Gasteiger partial charge on any atom is 0.341 e. The summed E-state index contributed by atoms with van der Waals surface area (Å²) in [6.45, 7) is -0.385. The molecule has 7 heteroatoms. The predicted octanol–water partition coefficient (Wildman–Crippen LogP) is 2.87. The summed E-state index contributed by atoms with van der Waals surface area (Å²) in [7, 11) is 4.02. The van der Waals surface area contributed by atoms with E-state index in [-0.39, 0.29) is 18.4 Å². The van der Waals surface area contributed by atoms with E-state index in [0.717, 1.165) is 5.56 Å². The molecule has 0 amide bonds. The van der Waals surface area contributed by atoms with Crippen molar-refractivity contribution in [3.63, 3.8) is 0 Å². The van der Waals surface area contributed by atoms with Crippen LogP contribution in [-0.2, 0) is 9.53 Å². The highest BCUT2D eigenvalue weighted by atomic mass is 31.0. The van der Waals surface area contributed by atoms with Crippen molar-refractivity contribution in [1.82, 2.24) is 5.09 Å². The van der Waals surface area contributed by atoms with Gasteiger partial charge >= 0.3 is 5.97 Å². The minimum absolute atomic E-state index is 0.131. The number of ether oxygens (including phenoxy) is 2. The Morgan fingerprint density at radius 3 is 2.67 bits per heavy atom. The lowest BCUT2D eigenvalue weighted by atomic mass is 9.98. The van der Waals surface area contributed by atoms with E-state index in [1.807, 2.05) is 24.3 Å². The average Bonchev–Trinajstić information content (AvgIpc) is 2.76. The maximum absolute atomic E-state index is 10.5. The SMILES string of the molecule is COC1=CC(O)=C(C(NP)c2ccc(OCC(=O)O)cc2)C=CC1. The van der Waals surface area contributed by atoms with Crippen molar-refractivity contribution in [3.05, 3.63) is 65.1 Å². The van der Waals surface area contributed by atoms with Crippen LogP contribution in [0.25, 0.3) is 0 Å². The monoisotopic (exact) mass is 349 g/mol. The molecule has 0 heterocycles. The molecule has 0 aromatic heterocycles. The third-order valence-corrected chi connectivity index (χ3v) is 3.86. The Hall–Kier alpha value is -2.30. The number of hydrogen-bond acceptors (Lipinski definition) is 5. The van der Waals surface area contributed by atoms with Crippen molar-refractivity contribution < 1.29 is 24.5 Å². The number of carboxylic acids is 1. The van der Waals surface area contributed by atoms with E-state index in [2.05, 4.69) is 14.5 Å². The van der Waals surface area contributed by atoms with Gasteiger partial charge in [-0.15, -0.1) is 0 Å². The van der Waals surface area contributed by atoms with Gasteiger partial charge in [0.05, 0.1) is 13.2 Å². The van der Waals surface area contributed by atoms with E-state index in [9.17, 15) is 9.90 Å². The Kier molecular flexibility index (Phi) is 6.41. The molecule has 2 rings (SSSR count). The van der Waals surface area contributed by atoms with Crippen molar-refractivity contribution in [3.8, 4) is 5.75 Å². The van der Waals surface area contributed by atoms with Crippen LogP contribution in [0.5, 0.6) is 5.75 Å². The molecule has 0 aliphatic heterocycles. The second kappa shape index (κ2) is 8.52. The number of aliphatic hydroxyl groups is 1. The Morgan fingerprint density at radius 1 is 1.38 bits per heavy atom. The summed E-state index contributed by atoms with van der Waals surface area (Å²) in [6, 6.07) is 6.77. The smallest absolute Gasteiger partial charge is 0.341 e. The van der Waals surface area contributed by atoms with Crippen LogP contribution >= 0.6 is 9.39 Å². The number of carboxylic acid groups (broad SMARTS) is 1. The minimum atomic E-state index is -1.03. The van der Waals surface area contributed by atoms with Crippen LogP contribution in [0, 0.1) is 0 Å². The highest BCUT2D eigenvalue weighted by molar-refractivity contribution is 7.13. The minimum Gasteiger partial charge on any atom is -0.507 e. The lowest BCUT2D eigenvalue weighted by Crippen LogP contribution is -2.14. The van der Waals surface area contributed by atoms with Gasteiger partial charge in [0.2, 0.25) is 0 Å². The third-order valence-electron chi connectivity index (χ3n) is 3.53. The molecule has 2 atom stereocenters. The summed E-state index contributed by atoms with van der Waals surface area (Å²) < 4.78 is 10.3. The first-order valence-electron chi connectivity index (χ1n) is 7.30. The standard InChI is InChI=1S/C17H20NO5P/c1-22-13-3-2-4-14(15(19)9-13)17(18-24)11-5-7-12(8-6-11)23-10-16(20)21/h2,4-9,17-19H,3,10,24H2,1H3,(H,20,21). The molecular weight excluding hydrogens is 329 g/mol. The van der Waals surface area contributed by atoms with Crippen LogP contribution in [-0.4, -0.2) is 29.9 Å². The number of allylic oxidation sites excluding steroid dienone is 2. The molecular formula is C17H20NO5P. The number of benzene rings is 1. The molecule has 0 radical (unpaired) electrons. The number of methoxy groups -OCH3 is 1. The van der Waals surface area contributed by atoms with E-state index < -0.39 is 5.97 Å². The van der Waals surface area contributed by atoms with Crippen molar-refractivity contribution in [2.45, 2.75) is 12.5 Å². The Morgan fingerprint density at radius 2 is 2.08 bits per heavy atom. The second-order valence-corrected chi connectivity index (χ2v) is 5.45. The summed E-state index contributed by atoms with van der Waals surface area (Å²) in [5.74, 6) is 0.258. The molecule has 1 aliphatic rings. The first kappa shape index (κ1) is 18.0. The van der Waals surface area contributed by atoms with Gasteiger partial charge in [0, 0.05) is 18.1 Å². The molecule has 0 spiro atoms. The molecule has 128 valence electrons. The predicted molar refractivity (Wildman–Crippen MR) is 93.7 cm³/mol. The number of carbonyl (C=O) groups is 1. The topological polar surface area (TPSA) is 88.0 Å². The zero-order valence-corrected chi connectivity index (χ0v) is 14.4. The van der Waals surface area contributed by atoms with Crippen molar-refractivity contribution in [2.75, 3.05) is 13.7 Å². The van der Waals surface area contributed by atoms with Crippen LogP contribution < -0.4 is 9.82 Å². The fourth-order valence-corrected chi connectivity index (χ4v) is 2.71.